The van der Waals surface area contributed by atoms with Crippen LogP contribution in [0.4, 0.5) is 0 Å². The van der Waals surface area contributed by atoms with Gasteiger partial charge in [-0.1, -0.05) is 30.1 Å². The van der Waals surface area contributed by atoms with Gasteiger partial charge in [-0.15, -0.1) is 0 Å². The van der Waals surface area contributed by atoms with Crippen molar-refractivity contribution in [2.75, 3.05) is 13.2 Å². The molecule has 0 aromatic heterocycles. The second-order valence-corrected chi connectivity index (χ2v) is 6.03. The van der Waals surface area contributed by atoms with Gasteiger partial charge < -0.3 is 10.1 Å². The Bertz CT molecular complexity index is 439. The minimum absolute atomic E-state index is 0.213. The SMILES string of the molecule is CCCNC1CCCOc2c(Cl)cc(Br)c(Cl)c21. The second-order valence-electron chi connectivity index (χ2n) is 4.39. The lowest BCUT2D eigenvalue weighted by Gasteiger charge is -2.21. The Kier molecular flexibility index (Phi) is 5.19. The normalized spacial score (nSPS) is 19.0. The lowest BCUT2D eigenvalue weighted by Crippen LogP contribution is -2.22. The zero-order valence-electron chi connectivity index (χ0n) is 10.2. The number of fused-ring (bicyclic) bond motifs is 1. The smallest absolute Gasteiger partial charge is 0.144 e. The highest BCUT2D eigenvalue weighted by molar-refractivity contribution is 9.10. The molecule has 2 nitrogen and oxygen atoms in total. The maximum atomic E-state index is 6.40. The van der Waals surface area contributed by atoms with E-state index in [2.05, 4.69) is 28.2 Å². The van der Waals surface area contributed by atoms with Gasteiger partial charge in [0.15, 0.2) is 0 Å². The van der Waals surface area contributed by atoms with Crippen LogP contribution in [0, 0.1) is 0 Å². The van der Waals surface area contributed by atoms with E-state index in [0.29, 0.717) is 16.7 Å². The standard InChI is InChI=1S/C13H16BrCl2NO/c1-2-5-17-10-4-3-6-18-13-9(15)7-8(14)12(16)11(10)13/h7,10,17H,2-6H2,1H3. The first kappa shape index (κ1) is 14.4. The third-order valence-electron chi connectivity index (χ3n) is 3.03. The van der Waals surface area contributed by atoms with Gasteiger partial charge in [-0.2, -0.15) is 0 Å². The monoisotopic (exact) mass is 351 g/mol. The van der Waals surface area contributed by atoms with Gasteiger partial charge in [0.1, 0.15) is 5.75 Å². The fraction of sp³-hybridized carbons (Fsp3) is 0.538. The number of ether oxygens (including phenoxy) is 1. The molecule has 100 valence electrons. The molecular weight excluding hydrogens is 337 g/mol. The molecule has 1 N–H and O–H groups in total. The van der Waals surface area contributed by atoms with Gasteiger partial charge in [0.2, 0.25) is 0 Å². The van der Waals surface area contributed by atoms with Gasteiger partial charge in [0.25, 0.3) is 0 Å². The second kappa shape index (κ2) is 6.47. The van der Waals surface area contributed by atoms with Crippen molar-refractivity contribution in [3.05, 3.63) is 26.1 Å². The molecule has 0 saturated carbocycles. The van der Waals surface area contributed by atoms with Crippen molar-refractivity contribution in [3.8, 4) is 5.75 Å². The fourth-order valence-electron chi connectivity index (χ4n) is 2.18. The van der Waals surface area contributed by atoms with Gasteiger partial charge >= 0.3 is 0 Å². The summed E-state index contributed by atoms with van der Waals surface area (Å²) in [7, 11) is 0. The Labute approximate surface area is 126 Å². The molecule has 1 heterocycles. The molecule has 1 aliphatic rings. The fourth-order valence-corrected chi connectivity index (χ4v) is 3.30. The average molecular weight is 353 g/mol. The van der Waals surface area contributed by atoms with Gasteiger partial charge in [0.05, 0.1) is 16.7 Å². The number of hydrogen-bond acceptors (Lipinski definition) is 2. The lowest BCUT2D eigenvalue weighted by molar-refractivity contribution is 0.315. The van der Waals surface area contributed by atoms with E-state index in [0.717, 1.165) is 41.6 Å². The van der Waals surface area contributed by atoms with Crippen LogP contribution in [-0.2, 0) is 0 Å². The maximum Gasteiger partial charge on any atom is 0.144 e. The summed E-state index contributed by atoms with van der Waals surface area (Å²) in [6.45, 7) is 3.80. The molecule has 1 atom stereocenters. The van der Waals surface area contributed by atoms with Crippen LogP contribution >= 0.6 is 39.1 Å². The van der Waals surface area contributed by atoms with Crippen LogP contribution in [-0.4, -0.2) is 13.2 Å². The van der Waals surface area contributed by atoms with Crippen molar-refractivity contribution < 1.29 is 4.74 Å². The highest BCUT2D eigenvalue weighted by Gasteiger charge is 2.25. The zero-order valence-corrected chi connectivity index (χ0v) is 13.3. The van der Waals surface area contributed by atoms with Gasteiger partial charge in [0, 0.05) is 16.1 Å². The molecule has 0 spiro atoms. The van der Waals surface area contributed by atoms with Gasteiger partial charge in [-0.3, -0.25) is 0 Å². The van der Waals surface area contributed by atoms with Crippen LogP contribution in [0.15, 0.2) is 10.5 Å². The topological polar surface area (TPSA) is 21.3 Å². The van der Waals surface area contributed by atoms with E-state index in [4.69, 9.17) is 27.9 Å². The van der Waals surface area contributed by atoms with Crippen LogP contribution in [0.1, 0.15) is 37.8 Å². The summed E-state index contributed by atoms with van der Waals surface area (Å²) < 4.78 is 6.57. The van der Waals surface area contributed by atoms with Crippen LogP contribution < -0.4 is 10.1 Å². The molecule has 5 heteroatoms. The number of nitrogens with one attached hydrogen (secondary N) is 1. The molecular formula is C13H16BrCl2NO. The number of hydrogen-bond donors (Lipinski definition) is 1. The molecule has 0 bridgehead atoms. The average Bonchev–Trinajstić information content (AvgIpc) is 2.56. The van der Waals surface area contributed by atoms with Gasteiger partial charge in [-0.05, 0) is 47.8 Å². The quantitative estimate of drug-likeness (QED) is 0.775. The van der Waals surface area contributed by atoms with E-state index in [9.17, 15) is 0 Å². The number of halogens is 3. The predicted molar refractivity (Wildman–Crippen MR) is 79.9 cm³/mol. The predicted octanol–water partition coefficient (Wildman–Crippen LogP) is 4.97. The Morgan fingerprint density at radius 2 is 2.28 bits per heavy atom. The molecule has 0 radical (unpaired) electrons. The van der Waals surface area contributed by atoms with E-state index < -0.39 is 0 Å². The minimum atomic E-state index is 0.213. The molecule has 2 rings (SSSR count). The minimum Gasteiger partial charge on any atom is -0.492 e. The van der Waals surface area contributed by atoms with E-state index in [1.807, 2.05) is 0 Å². The third-order valence-corrected chi connectivity index (χ3v) is 4.58. The van der Waals surface area contributed by atoms with Crippen molar-refractivity contribution in [1.29, 1.82) is 0 Å². The van der Waals surface area contributed by atoms with Crippen LogP contribution in [0.5, 0.6) is 5.75 Å². The largest absolute Gasteiger partial charge is 0.492 e. The van der Waals surface area contributed by atoms with Gasteiger partial charge in [-0.25, -0.2) is 0 Å². The molecule has 0 saturated heterocycles. The summed E-state index contributed by atoms with van der Waals surface area (Å²) in [5.41, 5.74) is 0.988. The van der Waals surface area contributed by atoms with E-state index >= 15 is 0 Å². The van der Waals surface area contributed by atoms with E-state index in [-0.39, 0.29) is 6.04 Å². The molecule has 1 aliphatic heterocycles. The molecule has 18 heavy (non-hydrogen) atoms. The zero-order chi connectivity index (χ0) is 13.1. The van der Waals surface area contributed by atoms with Crippen molar-refractivity contribution in [1.82, 2.24) is 5.32 Å². The first-order chi connectivity index (χ1) is 8.65. The van der Waals surface area contributed by atoms with Crippen LogP contribution in [0.3, 0.4) is 0 Å². The van der Waals surface area contributed by atoms with E-state index in [1.54, 1.807) is 6.07 Å². The molecule has 1 aromatic carbocycles. The first-order valence-electron chi connectivity index (χ1n) is 6.18. The summed E-state index contributed by atoms with van der Waals surface area (Å²) in [6.07, 6.45) is 3.10. The van der Waals surface area contributed by atoms with Crippen LogP contribution in [0.25, 0.3) is 0 Å². The molecule has 1 aromatic rings. The molecule has 0 fully saturated rings. The summed E-state index contributed by atoms with van der Waals surface area (Å²) in [4.78, 5) is 0. The third kappa shape index (κ3) is 2.96. The van der Waals surface area contributed by atoms with Crippen molar-refractivity contribution in [2.45, 2.75) is 32.2 Å². The Morgan fingerprint density at radius 1 is 1.50 bits per heavy atom. The highest BCUT2D eigenvalue weighted by Crippen LogP contribution is 2.45. The maximum absolute atomic E-state index is 6.40. The number of rotatable bonds is 3. The Hall–Kier alpha value is 0.0400. The van der Waals surface area contributed by atoms with Crippen molar-refractivity contribution in [3.63, 3.8) is 0 Å². The van der Waals surface area contributed by atoms with Crippen LogP contribution in [0.2, 0.25) is 10.0 Å². The molecule has 1 unspecified atom stereocenters. The lowest BCUT2D eigenvalue weighted by atomic mass is 10.0. The Balaban J connectivity index is 2.44. The summed E-state index contributed by atoms with van der Waals surface area (Å²) >= 11 is 16.1. The Morgan fingerprint density at radius 3 is 3.00 bits per heavy atom. The molecule has 0 amide bonds. The van der Waals surface area contributed by atoms with Crippen molar-refractivity contribution in [2.24, 2.45) is 0 Å². The molecule has 0 aliphatic carbocycles. The highest BCUT2D eigenvalue weighted by atomic mass is 79.9. The summed E-state index contributed by atoms with van der Waals surface area (Å²) in [5, 5.41) is 4.83. The number of benzene rings is 1. The van der Waals surface area contributed by atoms with Crippen molar-refractivity contribution >= 4 is 39.1 Å². The summed E-state index contributed by atoms with van der Waals surface area (Å²) in [5.74, 6) is 0.732. The summed E-state index contributed by atoms with van der Waals surface area (Å²) in [6, 6.07) is 2.01. The first-order valence-corrected chi connectivity index (χ1v) is 7.73. The van der Waals surface area contributed by atoms with E-state index in [1.165, 1.54) is 0 Å².